The molecule has 1 nitrogen and oxygen atoms in total. The summed E-state index contributed by atoms with van der Waals surface area (Å²) < 4.78 is 0. The second-order valence-electron chi connectivity index (χ2n) is 3.00. The van der Waals surface area contributed by atoms with Gasteiger partial charge in [0.25, 0.3) is 0 Å². The third kappa shape index (κ3) is 3.13. The third-order valence-electron chi connectivity index (χ3n) is 2.12. The predicted octanol–water partition coefficient (Wildman–Crippen LogP) is 2.06. The van der Waals surface area contributed by atoms with Crippen LogP contribution in [0.4, 0.5) is 0 Å². The molecule has 1 N–H and O–H groups in total. The highest BCUT2D eigenvalue weighted by molar-refractivity contribution is 5.08. The minimum Gasteiger partial charge on any atom is -0.388 e. The topological polar surface area (TPSA) is 12.0 Å². The van der Waals surface area contributed by atoms with Crippen molar-refractivity contribution in [3.63, 3.8) is 0 Å². The molecular weight excluding hydrogens is 134 g/mol. The summed E-state index contributed by atoms with van der Waals surface area (Å²) in [5.41, 5.74) is 0. The maximum absolute atomic E-state index is 5.07. The van der Waals surface area contributed by atoms with E-state index >= 15 is 0 Å². The van der Waals surface area contributed by atoms with E-state index < -0.39 is 0 Å². The summed E-state index contributed by atoms with van der Waals surface area (Å²) >= 11 is 0. The first-order chi connectivity index (χ1) is 5.43. The van der Waals surface area contributed by atoms with E-state index in [1.165, 1.54) is 32.1 Å². The van der Waals surface area contributed by atoms with Gasteiger partial charge in [-0.15, -0.1) is 6.42 Å². The van der Waals surface area contributed by atoms with Crippen molar-refractivity contribution in [2.75, 3.05) is 0 Å². The van der Waals surface area contributed by atoms with Gasteiger partial charge in [-0.1, -0.05) is 25.2 Å². The predicted molar refractivity (Wildman–Crippen MR) is 48.0 cm³/mol. The lowest BCUT2D eigenvalue weighted by molar-refractivity contribution is 0.404. The molecule has 0 aromatic carbocycles. The van der Waals surface area contributed by atoms with Crippen LogP contribution in [0.25, 0.3) is 0 Å². The first-order valence-corrected chi connectivity index (χ1v) is 4.30. The molecule has 1 heteroatoms. The van der Waals surface area contributed by atoms with Crippen LogP contribution in [-0.4, -0.2) is 6.04 Å². The molecule has 0 amide bonds. The summed E-state index contributed by atoms with van der Waals surface area (Å²) in [4.78, 5) is 0. The quantitative estimate of drug-likeness (QED) is 0.592. The molecule has 0 heterocycles. The lowest BCUT2D eigenvalue weighted by Gasteiger charge is -2.21. The van der Waals surface area contributed by atoms with E-state index in [2.05, 4.69) is 11.2 Å². The van der Waals surface area contributed by atoms with Gasteiger partial charge in [-0.05, 0) is 12.8 Å². The Balaban J connectivity index is 2.15. The molecule has 1 fully saturated rings. The Bertz CT molecular complexity index is 158. The maximum Gasteiger partial charge on any atom is 0.0255 e. The Labute approximate surface area is 68.9 Å². The maximum atomic E-state index is 5.07. The van der Waals surface area contributed by atoms with Crippen molar-refractivity contribution in [3.05, 3.63) is 12.3 Å². The molecule has 1 aliphatic rings. The van der Waals surface area contributed by atoms with Crippen LogP contribution in [0.5, 0.6) is 0 Å². The van der Waals surface area contributed by atoms with Crippen LogP contribution in [0.1, 0.15) is 32.1 Å². The van der Waals surface area contributed by atoms with Gasteiger partial charge in [-0.25, -0.2) is 0 Å². The van der Waals surface area contributed by atoms with Crippen molar-refractivity contribution in [1.29, 1.82) is 0 Å². The fraction of sp³-hybridized carbons (Fsp3) is 0.600. The number of hydrogen-bond acceptors (Lipinski definition) is 1. The van der Waals surface area contributed by atoms with Gasteiger partial charge in [-0.3, -0.25) is 0 Å². The number of rotatable bonds is 2. The summed E-state index contributed by atoms with van der Waals surface area (Å²) in [7, 11) is 0. The van der Waals surface area contributed by atoms with Crippen molar-refractivity contribution in [2.24, 2.45) is 0 Å². The molecule has 0 atom stereocenters. The first-order valence-electron chi connectivity index (χ1n) is 4.30. The summed E-state index contributed by atoms with van der Waals surface area (Å²) in [5.74, 6) is 2.46. The van der Waals surface area contributed by atoms with Gasteiger partial charge in [0.15, 0.2) is 0 Å². The largest absolute Gasteiger partial charge is 0.388 e. The van der Waals surface area contributed by atoms with Crippen LogP contribution < -0.4 is 5.32 Å². The standard InChI is InChI=1S/C10H15N/c1-2-3-9-11-10-7-5-4-6-8-10/h1,3,9-11H,4-8H2/b9-3+. The molecule has 11 heavy (non-hydrogen) atoms. The monoisotopic (exact) mass is 149 g/mol. The van der Waals surface area contributed by atoms with E-state index in [9.17, 15) is 0 Å². The van der Waals surface area contributed by atoms with Crippen LogP contribution in [0.3, 0.4) is 0 Å². The van der Waals surface area contributed by atoms with Gasteiger partial charge in [0.05, 0.1) is 0 Å². The van der Waals surface area contributed by atoms with Crippen molar-refractivity contribution < 1.29 is 0 Å². The van der Waals surface area contributed by atoms with Crippen molar-refractivity contribution >= 4 is 0 Å². The van der Waals surface area contributed by atoms with Crippen LogP contribution in [0.15, 0.2) is 12.3 Å². The molecule has 0 spiro atoms. The molecule has 0 aliphatic heterocycles. The van der Waals surface area contributed by atoms with E-state index in [0.29, 0.717) is 6.04 Å². The highest BCUT2D eigenvalue weighted by Crippen LogP contribution is 2.16. The highest BCUT2D eigenvalue weighted by Gasteiger charge is 2.10. The van der Waals surface area contributed by atoms with Gasteiger partial charge in [0.1, 0.15) is 0 Å². The second-order valence-corrected chi connectivity index (χ2v) is 3.00. The average Bonchev–Trinajstić information content (AvgIpc) is 2.07. The Morgan fingerprint density at radius 2 is 2.00 bits per heavy atom. The molecule has 1 rings (SSSR count). The molecule has 0 aromatic heterocycles. The average molecular weight is 149 g/mol. The lowest BCUT2D eigenvalue weighted by Crippen LogP contribution is -2.26. The number of terminal acetylenes is 1. The molecule has 60 valence electrons. The van der Waals surface area contributed by atoms with Crippen LogP contribution >= 0.6 is 0 Å². The van der Waals surface area contributed by atoms with E-state index in [-0.39, 0.29) is 0 Å². The van der Waals surface area contributed by atoms with Crippen molar-refractivity contribution in [2.45, 2.75) is 38.1 Å². The fourth-order valence-corrected chi connectivity index (χ4v) is 1.50. The van der Waals surface area contributed by atoms with Crippen molar-refractivity contribution in [3.8, 4) is 12.3 Å². The smallest absolute Gasteiger partial charge is 0.0255 e. The molecule has 0 aromatic rings. The summed E-state index contributed by atoms with van der Waals surface area (Å²) in [6, 6.07) is 0.674. The minimum atomic E-state index is 0.674. The normalized spacial score (nSPS) is 19.9. The summed E-state index contributed by atoms with van der Waals surface area (Å²) in [6.07, 6.45) is 15.4. The van der Waals surface area contributed by atoms with Gasteiger partial charge in [0.2, 0.25) is 0 Å². The molecule has 1 aliphatic carbocycles. The Morgan fingerprint density at radius 3 is 2.64 bits per heavy atom. The highest BCUT2D eigenvalue weighted by atomic mass is 14.9. The number of hydrogen-bond donors (Lipinski definition) is 1. The summed E-state index contributed by atoms with van der Waals surface area (Å²) in [5, 5.41) is 3.30. The molecule has 0 unspecified atom stereocenters. The molecule has 0 radical (unpaired) electrons. The Kier molecular flexibility index (Phi) is 3.61. The van der Waals surface area contributed by atoms with Crippen LogP contribution in [0.2, 0.25) is 0 Å². The second kappa shape index (κ2) is 4.85. The van der Waals surface area contributed by atoms with Gasteiger partial charge < -0.3 is 5.32 Å². The minimum absolute atomic E-state index is 0.674. The zero-order chi connectivity index (χ0) is 7.94. The van der Waals surface area contributed by atoms with Crippen molar-refractivity contribution in [1.82, 2.24) is 5.32 Å². The van der Waals surface area contributed by atoms with Gasteiger partial charge >= 0.3 is 0 Å². The Morgan fingerprint density at radius 1 is 1.27 bits per heavy atom. The summed E-state index contributed by atoms with van der Waals surface area (Å²) in [6.45, 7) is 0. The zero-order valence-electron chi connectivity index (χ0n) is 6.84. The van der Waals surface area contributed by atoms with E-state index in [4.69, 9.17) is 6.42 Å². The van der Waals surface area contributed by atoms with Crippen LogP contribution in [-0.2, 0) is 0 Å². The number of nitrogens with one attached hydrogen (secondary N) is 1. The molecule has 0 saturated heterocycles. The van der Waals surface area contributed by atoms with E-state index in [1.54, 1.807) is 6.08 Å². The molecular formula is C10H15N. The van der Waals surface area contributed by atoms with Crippen LogP contribution in [0, 0.1) is 12.3 Å². The zero-order valence-corrected chi connectivity index (χ0v) is 6.84. The first kappa shape index (κ1) is 8.20. The lowest BCUT2D eigenvalue weighted by atomic mass is 9.96. The molecule has 0 bridgehead atoms. The van der Waals surface area contributed by atoms with E-state index in [0.717, 1.165) is 0 Å². The van der Waals surface area contributed by atoms with Gasteiger partial charge in [-0.2, -0.15) is 0 Å². The number of allylic oxidation sites excluding steroid dienone is 1. The Hall–Kier alpha value is -0.900. The molecule has 1 saturated carbocycles. The SMILES string of the molecule is C#C/C=C/NC1CCCCC1. The van der Waals surface area contributed by atoms with Gasteiger partial charge in [0, 0.05) is 18.3 Å². The fourth-order valence-electron chi connectivity index (χ4n) is 1.50. The third-order valence-corrected chi connectivity index (χ3v) is 2.12. The van der Waals surface area contributed by atoms with E-state index in [1.807, 2.05) is 6.20 Å².